The average Bonchev–Trinajstić information content (AvgIpc) is 1.93. The molecule has 0 spiro atoms. The Kier molecular flexibility index (Phi) is 2.25. The summed E-state index contributed by atoms with van der Waals surface area (Å²) in [6.07, 6.45) is -3.38. The molecule has 1 heterocycles. The smallest absolute Gasteiger partial charge is 0.110 e. The maximum absolute atomic E-state index is 9.08. The monoisotopic (exact) mass is 148 g/mol. The lowest BCUT2D eigenvalue weighted by Gasteiger charge is -2.33. The van der Waals surface area contributed by atoms with Crippen molar-refractivity contribution >= 4 is 0 Å². The number of hydrogen-bond donors (Lipinski definition) is 3. The average molecular weight is 148 g/mol. The largest absolute Gasteiger partial charge is 0.388 e. The quantitative estimate of drug-likeness (QED) is 0.390. The van der Waals surface area contributed by atoms with Crippen LogP contribution >= 0.6 is 0 Å². The molecule has 0 saturated carbocycles. The lowest BCUT2D eigenvalue weighted by Crippen LogP contribution is -2.51. The highest BCUT2D eigenvalue weighted by Crippen LogP contribution is 2.14. The van der Waals surface area contributed by atoms with Crippen LogP contribution in [0.4, 0.5) is 0 Å². The summed E-state index contributed by atoms with van der Waals surface area (Å²) >= 11 is 0. The maximum Gasteiger partial charge on any atom is 0.110 e. The second-order valence-corrected chi connectivity index (χ2v) is 2.59. The molecule has 10 heavy (non-hydrogen) atoms. The van der Waals surface area contributed by atoms with Gasteiger partial charge >= 0.3 is 0 Å². The summed E-state index contributed by atoms with van der Waals surface area (Å²) in [5, 5.41) is 27.0. The van der Waals surface area contributed by atoms with Crippen molar-refractivity contribution in [2.45, 2.75) is 31.3 Å². The van der Waals surface area contributed by atoms with Gasteiger partial charge in [-0.2, -0.15) is 0 Å². The molecule has 2 unspecified atom stereocenters. The molecule has 60 valence electrons. The van der Waals surface area contributed by atoms with Crippen LogP contribution in [0.3, 0.4) is 0 Å². The van der Waals surface area contributed by atoms with Gasteiger partial charge in [-0.15, -0.1) is 0 Å². The van der Waals surface area contributed by atoms with Crippen molar-refractivity contribution in [3.63, 3.8) is 0 Å². The molecular weight excluding hydrogens is 136 g/mol. The van der Waals surface area contributed by atoms with Gasteiger partial charge in [0.25, 0.3) is 0 Å². The van der Waals surface area contributed by atoms with Crippen molar-refractivity contribution in [2.24, 2.45) is 0 Å². The fourth-order valence-electron chi connectivity index (χ4n) is 0.953. The molecule has 0 aromatic heterocycles. The zero-order valence-corrected chi connectivity index (χ0v) is 5.77. The predicted octanol–water partition coefficient (Wildman–Crippen LogP) is -1.51. The normalized spacial score (nSPS) is 49.2. The van der Waals surface area contributed by atoms with Crippen molar-refractivity contribution < 1.29 is 20.1 Å². The summed E-state index contributed by atoms with van der Waals surface area (Å²) in [4.78, 5) is 0. The molecule has 4 atom stereocenters. The third kappa shape index (κ3) is 1.29. The molecule has 0 radical (unpaired) electrons. The fourth-order valence-corrected chi connectivity index (χ4v) is 0.953. The highest BCUT2D eigenvalue weighted by Gasteiger charge is 2.34. The number of hydrogen-bond acceptors (Lipinski definition) is 4. The van der Waals surface area contributed by atoms with Gasteiger partial charge in [0, 0.05) is 0 Å². The summed E-state index contributed by atoms with van der Waals surface area (Å²) in [6, 6.07) is 0. The van der Waals surface area contributed by atoms with Gasteiger partial charge < -0.3 is 20.1 Å². The predicted molar refractivity (Wildman–Crippen MR) is 33.4 cm³/mol. The van der Waals surface area contributed by atoms with Crippen LogP contribution < -0.4 is 0 Å². The van der Waals surface area contributed by atoms with Crippen LogP contribution in [-0.2, 0) is 4.74 Å². The standard InChI is InChI=1S/C6H12O4/c1-3-5(8)6(9)4(7)2-10-3/h3-9H,2H2,1H3/t3?,4-,5+,6?/m1/s1. The Bertz CT molecular complexity index is 102. The number of rotatable bonds is 0. The maximum atomic E-state index is 9.08. The summed E-state index contributed by atoms with van der Waals surface area (Å²) in [7, 11) is 0. The first kappa shape index (κ1) is 7.94. The van der Waals surface area contributed by atoms with Crippen LogP contribution in [0.1, 0.15) is 6.92 Å². The van der Waals surface area contributed by atoms with Crippen molar-refractivity contribution in [1.29, 1.82) is 0 Å². The number of ether oxygens (including phenoxy) is 1. The Morgan fingerprint density at radius 1 is 1.20 bits per heavy atom. The Balaban J connectivity index is 2.52. The summed E-state index contributed by atoms with van der Waals surface area (Å²) in [5.74, 6) is 0. The van der Waals surface area contributed by atoms with E-state index < -0.39 is 24.4 Å². The highest BCUT2D eigenvalue weighted by molar-refractivity contribution is 4.83. The Labute approximate surface area is 59.1 Å². The van der Waals surface area contributed by atoms with Crippen LogP contribution in [0, 0.1) is 0 Å². The molecule has 0 amide bonds. The van der Waals surface area contributed by atoms with Crippen LogP contribution in [0.2, 0.25) is 0 Å². The van der Waals surface area contributed by atoms with E-state index in [0.717, 1.165) is 0 Å². The van der Waals surface area contributed by atoms with Crippen LogP contribution in [0.5, 0.6) is 0 Å². The first-order valence-electron chi connectivity index (χ1n) is 3.28. The lowest BCUT2D eigenvalue weighted by atomic mass is 10.0. The van der Waals surface area contributed by atoms with E-state index in [2.05, 4.69) is 0 Å². The van der Waals surface area contributed by atoms with Gasteiger partial charge in [-0.25, -0.2) is 0 Å². The number of aliphatic hydroxyl groups excluding tert-OH is 3. The van der Waals surface area contributed by atoms with Crippen LogP contribution in [-0.4, -0.2) is 46.3 Å². The highest BCUT2D eigenvalue weighted by atomic mass is 16.5. The van der Waals surface area contributed by atoms with Crippen molar-refractivity contribution in [3.05, 3.63) is 0 Å². The van der Waals surface area contributed by atoms with E-state index in [1.807, 2.05) is 0 Å². The minimum Gasteiger partial charge on any atom is -0.388 e. The van der Waals surface area contributed by atoms with Crippen molar-refractivity contribution in [3.8, 4) is 0 Å². The van der Waals surface area contributed by atoms with E-state index >= 15 is 0 Å². The van der Waals surface area contributed by atoms with E-state index in [4.69, 9.17) is 20.1 Å². The van der Waals surface area contributed by atoms with Crippen LogP contribution in [0.15, 0.2) is 0 Å². The van der Waals surface area contributed by atoms with E-state index in [9.17, 15) is 0 Å². The second kappa shape index (κ2) is 2.84. The Morgan fingerprint density at radius 3 is 2.30 bits per heavy atom. The minimum absolute atomic E-state index is 0.0966. The second-order valence-electron chi connectivity index (χ2n) is 2.59. The Hall–Kier alpha value is -0.160. The number of aliphatic hydroxyl groups is 3. The van der Waals surface area contributed by atoms with E-state index in [-0.39, 0.29) is 6.61 Å². The summed E-state index contributed by atoms with van der Waals surface area (Å²) < 4.78 is 4.91. The lowest BCUT2D eigenvalue weighted by molar-refractivity contribution is -0.181. The van der Waals surface area contributed by atoms with Gasteiger partial charge in [0.1, 0.15) is 18.3 Å². The van der Waals surface area contributed by atoms with Gasteiger partial charge in [0.2, 0.25) is 0 Å². The molecule has 4 nitrogen and oxygen atoms in total. The molecule has 1 fully saturated rings. The van der Waals surface area contributed by atoms with E-state index in [1.54, 1.807) is 6.92 Å². The molecule has 0 bridgehead atoms. The van der Waals surface area contributed by atoms with Crippen molar-refractivity contribution in [1.82, 2.24) is 0 Å². The molecule has 4 heteroatoms. The molecular formula is C6H12O4. The van der Waals surface area contributed by atoms with Gasteiger partial charge in [0.15, 0.2) is 0 Å². The van der Waals surface area contributed by atoms with Gasteiger partial charge in [-0.1, -0.05) is 0 Å². The first-order valence-corrected chi connectivity index (χ1v) is 3.28. The third-order valence-corrected chi connectivity index (χ3v) is 1.75. The Morgan fingerprint density at radius 2 is 1.80 bits per heavy atom. The molecule has 1 aliphatic rings. The third-order valence-electron chi connectivity index (χ3n) is 1.75. The topological polar surface area (TPSA) is 69.9 Å². The summed E-state index contributed by atoms with van der Waals surface area (Å²) in [5.41, 5.74) is 0. The zero-order valence-electron chi connectivity index (χ0n) is 5.77. The molecule has 0 aliphatic carbocycles. The van der Waals surface area contributed by atoms with Crippen molar-refractivity contribution in [2.75, 3.05) is 6.61 Å². The zero-order chi connectivity index (χ0) is 7.72. The molecule has 1 aliphatic heterocycles. The first-order chi connectivity index (χ1) is 4.63. The van der Waals surface area contributed by atoms with E-state index in [1.165, 1.54) is 0 Å². The van der Waals surface area contributed by atoms with Gasteiger partial charge in [-0.05, 0) is 6.92 Å². The minimum atomic E-state index is -1.07. The fraction of sp³-hybridized carbons (Fsp3) is 1.00. The van der Waals surface area contributed by atoms with Gasteiger partial charge in [-0.3, -0.25) is 0 Å². The molecule has 0 aromatic rings. The molecule has 1 saturated heterocycles. The molecule has 0 aromatic carbocycles. The van der Waals surface area contributed by atoms with E-state index in [0.29, 0.717) is 0 Å². The summed E-state index contributed by atoms with van der Waals surface area (Å²) in [6.45, 7) is 1.75. The SMILES string of the molecule is CC1OC[C@@H](O)C(O)[C@H]1O. The molecule has 3 N–H and O–H groups in total. The van der Waals surface area contributed by atoms with Crippen LogP contribution in [0.25, 0.3) is 0 Å². The van der Waals surface area contributed by atoms with Gasteiger partial charge in [0.05, 0.1) is 12.7 Å². The molecule has 1 rings (SSSR count).